The minimum Gasteiger partial charge on any atom is -0.449 e. The van der Waals surface area contributed by atoms with Gasteiger partial charge >= 0.3 is 0 Å². The zero-order chi connectivity index (χ0) is 9.26. The Hall–Kier alpha value is -1.05. The first-order valence-corrected chi connectivity index (χ1v) is 5.16. The minimum atomic E-state index is 0.697. The van der Waals surface area contributed by atoms with Crippen LogP contribution in [0.4, 0.5) is 0 Å². The molecule has 2 aromatic heterocycles. The Morgan fingerprint density at radius 2 is 2.15 bits per heavy atom. The molecular formula is C9H4BrNOS. The third kappa shape index (κ3) is 1.67. The summed E-state index contributed by atoms with van der Waals surface area (Å²) < 4.78 is 6.05. The van der Waals surface area contributed by atoms with Crippen LogP contribution in [-0.2, 0) is 0 Å². The first kappa shape index (κ1) is 8.54. The maximum Gasteiger partial charge on any atom is 0.169 e. The number of furan rings is 1. The third-order valence-corrected chi connectivity index (χ3v) is 2.96. The largest absolute Gasteiger partial charge is 0.449 e. The quantitative estimate of drug-likeness (QED) is 0.778. The van der Waals surface area contributed by atoms with Crippen molar-refractivity contribution in [1.29, 1.82) is 5.26 Å². The molecular weight excluding hydrogens is 250 g/mol. The van der Waals surface area contributed by atoms with Crippen LogP contribution in [0.1, 0.15) is 4.88 Å². The smallest absolute Gasteiger partial charge is 0.169 e. The van der Waals surface area contributed by atoms with Crippen molar-refractivity contribution >= 4 is 27.3 Å². The number of halogens is 1. The first-order chi connectivity index (χ1) is 6.29. The molecule has 0 aliphatic heterocycles. The normalized spacial score (nSPS) is 9.85. The van der Waals surface area contributed by atoms with Gasteiger partial charge in [0, 0.05) is 0 Å². The van der Waals surface area contributed by atoms with Gasteiger partial charge in [-0.05, 0) is 40.2 Å². The van der Waals surface area contributed by atoms with Gasteiger partial charge in [-0.1, -0.05) is 0 Å². The molecule has 2 heterocycles. The minimum absolute atomic E-state index is 0.697. The summed E-state index contributed by atoms with van der Waals surface area (Å²) in [4.78, 5) is 1.67. The lowest BCUT2D eigenvalue weighted by Gasteiger charge is -1.86. The van der Waals surface area contributed by atoms with E-state index in [0.29, 0.717) is 9.55 Å². The van der Waals surface area contributed by atoms with Gasteiger partial charge in [-0.3, -0.25) is 0 Å². The van der Waals surface area contributed by atoms with E-state index in [-0.39, 0.29) is 0 Å². The topological polar surface area (TPSA) is 36.9 Å². The van der Waals surface area contributed by atoms with Crippen molar-refractivity contribution < 1.29 is 4.42 Å². The lowest BCUT2D eigenvalue weighted by atomic mass is 10.3. The van der Waals surface area contributed by atoms with Gasteiger partial charge in [0.1, 0.15) is 16.7 Å². The molecule has 0 bridgehead atoms. The maximum atomic E-state index is 8.62. The fourth-order valence-corrected chi connectivity index (χ4v) is 2.05. The Morgan fingerprint density at radius 3 is 2.69 bits per heavy atom. The second-order valence-electron chi connectivity index (χ2n) is 2.38. The average Bonchev–Trinajstić information content (AvgIpc) is 2.71. The van der Waals surface area contributed by atoms with Crippen LogP contribution in [0.3, 0.4) is 0 Å². The van der Waals surface area contributed by atoms with Gasteiger partial charge in [-0.25, -0.2) is 0 Å². The highest BCUT2D eigenvalue weighted by Gasteiger charge is 2.05. The van der Waals surface area contributed by atoms with Crippen molar-refractivity contribution in [3.05, 3.63) is 33.8 Å². The number of thiophene rings is 1. The molecule has 0 N–H and O–H groups in total. The van der Waals surface area contributed by atoms with Crippen LogP contribution in [0.2, 0.25) is 0 Å². The molecule has 2 aromatic rings. The maximum absolute atomic E-state index is 8.62. The van der Waals surface area contributed by atoms with Crippen LogP contribution in [0.25, 0.3) is 10.6 Å². The summed E-state index contributed by atoms with van der Waals surface area (Å²) in [7, 11) is 0. The number of nitrogens with zero attached hydrogens (tertiary/aromatic N) is 1. The van der Waals surface area contributed by atoms with Crippen molar-refractivity contribution in [2.75, 3.05) is 0 Å². The van der Waals surface area contributed by atoms with Gasteiger partial charge in [-0.2, -0.15) is 5.26 Å². The van der Waals surface area contributed by atoms with Crippen LogP contribution in [0.5, 0.6) is 0 Å². The second kappa shape index (κ2) is 3.36. The van der Waals surface area contributed by atoms with Gasteiger partial charge in [0.15, 0.2) is 4.67 Å². The fourth-order valence-electron chi connectivity index (χ4n) is 0.977. The Balaban J connectivity index is 2.42. The molecule has 13 heavy (non-hydrogen) atoms. The molecule has 4 heteroatoms. The molecule has 0 saturated carbocycles. The van der Waals surface area contributed by atoms with E-state index in [0.717, 1.165) is 10.6 Å². The molecule has 0 spiro atoms. The molecule has 0 aromatic carbocycles. The highest BCUT2D eigenvalue weighted by molar-refractivity contribution is 9.10. The van der Waals surface area contributed by atoms with E-state index in [1.54, 1.807) is 6.07 Å². The molecule has 0 saturated heterocycles. The molecule has 0 aliphatic carbocycles. The van der Waals surface area contributed by atoms with Crippen molar-refractivity contribution in [2.45, 2.75) is 0 Å². The summed E-state index contributed by atoms with van der Waals surface area (Å²) in [6, 6.07) is 9.47. The molecule has 0 aliphatic rings. The van der Waals surface area contributed by atoms with E-state index in [1.807, 2.05) is 18.2 Å². The molecule has 2 nitrogen and oxygen atoms in total. The third-order valence-electron chi connectivity index (χ3n) is 1.53. The van der Waals surface area contributed by atoms with Gasteiger partial charge in [-0.15, -0.1) is 11.3 Å². The monoisotopic (exact) mass is 253 g/mol. The molecule has 0 unspecified atom stereocenters. The van der Waals surface area contributed by atoms with E-state index in [2.05, 4.69) is 22.0 Å². The van der Waals surface area contributed by atoms with Crippen LogP contribution >= 0.6 is 27.3 Å². The van der Waals surface area contributed by atoms with Crippen molar-refractivity contribution in [3.63, 3.8) is 0 Å². The predicted octanol–water partition coefficient (Wildman–Crippen LogP) is 3.64. The Morgan fingerprint density at radius 1 is 1.31 bits per heavy atom. The van der Waals surface area contributed by atoms with Crippen LogP contribution in [-0.4, -0.2) is 0 Å². The molecule has 2 rings (SSSR count). The Bertz CT molecular complexity index is 466. The van der Waals surface area contributed by atoms with Crippen LogP contribution in [0.15, 0.2) is 33.4 Å². The number of hydrogen-bond donors (Lipinski definition) is 0. The standard InChI is InChI=1S/C9H4BrNOS/c10-9-4-2-7(12-9)8-3-1-6(5-11)13-8/h1-4H. The number of nitriles is 1. The number of rotatable bonds is 1. The zero-order valence-corrected chi connectivity index (χ0v) is 8.85. The predicted molar refractivity (Wildman–Crippen MR) is 54.4 cm³/mol. The van der Waals surface area contributed by atoms with Crippen LogP contribution in [0, 0.1) is 11.3 Å². The van der Waals surface area contributed by atoms with E-state index in [1.165, 1.54) is 11.3 Å². The van der Waals surface area contributed by atoms with E-state index >= 15 is 0 Å². The zero-order valence-electron chi connectivity index (χ0n) is 6.45. The van der Waals surface area contributed by atoms with E-state index < -0.39 is 0 Å². The lowest BCUT2D eigenvalue weighted by molar-refractivity contribution is 0.557. The summed E-state index contributed by atoms with van der Waals surface area (Å²) in [5.74, 6) is 0.790. The van der Waals surface area contributed by atoms with Gasteiger partial charge in [0.25, 0.3) is 0 Å². The summed E-state index contributed by atoms with van der Waals surface area (Å²) >= 11 is 4.65. The molecule has 0 fully saturated rings. The van der Waals surface area contributed by atoms with E-state index in [4.69, 9.17) is 9.68 Å². The Labute approximate surface area is 87.5 Å². The van der Waals surface area contributed by atoms with Crippen molar-refractivity contribution in [3.8, 4) is 16.7 Å². The molecule has 0 atom stereocenters. The molecule has 0 radical (unpaired) electrons. The highest BCUT2D eigenvalue weighted by Crippen LogP contribution is 2.30. The average molecular weight is 254 g/mol. The summed E-state index contributed by atoms with van der Waals surface area (Å²) in [6.07, 6.45) is 0. The summed E-state index contributed by atoms with van der Waals surface area (Å²) in [5.41, 5.74) is 0. The first-order valence-electron chi connectivity index (χ1n) is 3.55. The lowest BCUT2D eigenvalue weighted by Crippen LogP contribution is -1.59. The highest BCUT2D eigenvalue weighted by atomic mass is 79.9. The number of hydrogen-bond acceptors (Lipinski definition) is 3. The Kier molecular flexibility index (Phi) is 2.21. The van der Waals surface area contributed by atoms with Crippen molar-refractivity contribution in [2.24, 2.45) is 0 Å². The van der Waals surface area contributed by atoms with Crippen molar-refractivity contribution in [1.82, 2.24) is 0 Å². The fraction of sp³-hybridized carbons (Fsp3) is 0. The van der Waals surface area contributed by atoms with E-state index in [9.17, 15) is 0 Å². The van der Waals surface area contributed by atoms with Gasteiger partial charge < -0.3 is 4.42 Å². The molecule has 64 valence electrons. The molecule has 0 amide bonds. The summed E-state index contributed by atoms with van der Waals surface area (Å²) in [5, 5.41) is 8.62. The SMILES string of the molecule is N#Cc1ccc(-c2ccc(Br)o2)s1. The summed E-state index contributed by atoms with van der Waals surface area (Å²) in [6.45, 7) is 0. The second-order valence-corrected chi connectivity index (χ2v) is 4.24. The van der Waals surface area contributed by atoms with Gasteiger partial charge in [0.2, 0.25) is 0 Å². The van der Waals surface area contributed by atoms with Gasteiger partial charge in [0.05, 0.1) is 4.88 Å². The van der Waals surface area contributed by atoms with Crippen LogP contribution < -0.4 is 0 Å².